The highest BCUT2D eigenvalue weighted by molar-refractivity contribution is 7.97. The lowest BCUT2D eigenvalue weighted by atomic mass is 9.92. The number of urea groups is 1. The zero-order valence-corrected chi connectivity index (χ0v) is 24.8. The summed E-state index contributed by atoms with van der Waals surface area (Å²) in [5, 5.41) is 7.35. The summed E-state index contributed by atoms with van der Waals surface area (Å²) in [6, 6.07) is 9.21. The Morgan fingerprint density at radius 3 is 2.64 bits per heavy atom. The van der Waals surface area contributed by atoms with Gasteiger partial charge in [0, 0.05) is 50.2 Å². The van der Waals surface area contributed by atoms with Gasteiger partial charge in [-0.2, -0.15) is 0 Å². The Balaban J connectivity index is 1.54. The monoisotopic (exact) mass is 554 g/mol. The van der Waals surface area contributed by atoms with Crippen LogP contribution in [0.1, 0.15) is 64.7 Å². The molecule has 11 heteroatoms. The van der Waals surface area contributed by atoms with E-state index in [0.29, 0.717) is 42.0 Å². The molecule has 0 aromatic carbocycles. The lowest BCUT2D eigenvalue weighted by Crippen LogP contribution is -2.42. The van der Waals surface area contributed by atoms with Gasteiger partial charge in [-0.25, -0.2) is 14.8 Å². The third kappa shape index (κ3) is 7.13. The quantitative estimate of drug-likeness (QED) is 0.367. The van der Waals surface area contributed by atoms with Crippen LogP contribution < -0.4 is 25.2 Å². The highest BCUT2D eigenvalue weighted by Gasteiger charge is 2.37. The first-order valence-corrected chi connectivity index (χ1v) is 14.5. The van der Waals surface area contributed by atoms with E-state index in [9.17, 15) is 9.59 Å². The van der Waals surface area contributed by atoms with Crippen molar-refractivity contribution in [1.82, 2.24) is 24.9 Å². The van der Waals surface area contributed by atoms with Crippen molar-refractivity contribution in [3.05, 3.63) is 35.9 Å². The molecule has 0 saturated carbocycles. The molecule has 4 rings (SSSR count). The molecule has 39 heavy (non-hydrogen) atoms. The minimum Gasteiger partial charge on any atom is -0.370 e. The summed E-state index contributed by atoms with van der Waals surface area (Å²) in [4.78, 5) is 41.9. The molecule has 0 atom stereocenters. The van der Waals surface area contributed by atoms with E-state index in [4.69, 9.17) is 4.98 Å². The Morgan fingerprint density at radius 1 is 1.15 bits per heavy atom. The molecule has 0 unspecified atom stereocenters. The molecule has 0 radical (unpaired) electrons. The molecule has 2 aliphatic heterocycles. The molecule has 2 aromatic rings. The van der Waals surface area contributed by atoms with Gasteiger partial charge in [-0.15, -0.1) is 0 Å². The smallest absolute Gasteiger partial charge is 0.325 e. The Morgan fingerprint density at radius 2 is 1.95 bits per heavy atom. The maximum absolute atomic E-state index is 13.4. The largest absolute Gasteiger partial charge is 0.370 e. The summed E-state index contributed by atoms with van der Waals surface area (Å²) in [5.74, 6) is 1.65. The molecule has 0 spiro atoms. The van der Waals surface area contributed by atoms with Crippen molar-refractivity contribution in [3.8, 4) is 0 Å². The molecule has 2 aromatic heterocycles. The lowest BCUT2D eigenvalue weighted by Gasteiger charge is -2.33. The Hall–Kier alpha value is -3.05. The first-order valence-electron chi connectivity index (χ1n) is 13.7. The summed E-state index contributed by atoms with van der Waals surface area (Å²) in [5.41, 5.74) is 0.366. The fraction of sp³-hybridized carbons (Fsp3) is 0.571. The highest BCUT2D eigenvalue weighted by atomic mass is 32.2. The minimum atomic E-state index is -0.259. The molecule has 212 valence electrons. The SMILES string of the molecule is CCCNc1cccc(SNC(=O)c2ccc(N3CCN(CCC(C)(C)C)C3=O)nc2N2CNCC2(C)C)n1. The van der Waals surface area contributed by atoms with Gasteiger partial charge < -0.3 is 15.1 Å². The van der Waals surface area contributed by atoms with E-state index in [-0.39, 0.29) is 22.9 Å². The van der Waals surface area contributed by atoms with Crippen molar-refractivity contribution in [2.24, 2.45) is 5.41 Å². The van der Waals surface area contributed by atoms with Gasteiger partial charge >= 0.3 is 6.03 Å². The van der Waals surface area contributed by atoms with E-state index in [1.54, 1.807) is 17.0 Å². The zero-order valence-electron chi connectivity index (χ0n) is 24.0. The van der Waals surface area contributed by atoms with Gasteiger partial charge in [0.2, 0.25) is 0 Å². The van der Waals surface area contributed by atoms with Crippen LogP contribution in [0.15, 0.2) is 35.4 Å². The van der Waals surface area contributed by atoms with E-state index < -0.39 is 0 Å². The second-order valence-electron chi connectivity index (χ2n) is 11.9. The topological polar surface area (TPSA) is 106 Å². The van der Waals surface area contributed by atoms with Crippen molar-refractivity contribution < 1.29 is 9.59 Å². The molecule has 2 aliphatic rings. The maximum Gasteiger partial charge on any atom is 0.325 e. The average Bonchev–Trinajstić information content (AvgIpc) is 3.44. The Bertz CT molecular complexity index is 1180. The van der Waals surface area contributed by atoms with E-state index in [1.807, 2.05) is 23.1 Å². The number of aromatic nitrogens is 2. The molecule has 3 amide bonds. The number of rotatable bonds is 10. The standard InChI is InChI=1S/C28H42N8O2S/c1-7-14-30-21-9-8-10-23(31-21)39-33-25(37)20-11-12-22(32-24(20)36-19-29-18-28(36,5)6)35-17-16-34(26(35)38)15-13-27(2,3)4/h8-12,29H,7,13-19H2,1-6H3,(H,30,31)(H,33,37). The second-order valence-corrected chi connectivity index (χ2v) is 12.7. The maximum atomic E-state index is 13.4. The number of nitrogens with one attached hydrogen (secondary N) is 3. The third-order valence-electron chi connectivity index (χ3n) is 6.95. The number of pyridine rings is 2. The summed E-state index contributed by atoms with van der Waals surface area (Å²) >= 11 is 1.18. The number of nitrogens with zero attached hydrogens (tertiary/aromatic N) is 5. The van der Waals surface area contributed by atoms with Gasteiger partial charge in [-0.3, -0.25) is 19.7 Å². The molecular formula is C28H42N8O2S. The molecule has 0 bridgehead atoms. The molecule has 2 saturated heterocycles. The number of hydrogen-bond acceptors (Lipinski definition) is 8. The van der Waals surface area contributed by atoms with Crippen molar-refractivity contribution in [2.45, 2.75) is 64.9 Å². The van der Waals surface area contributed by atoms with Gasteiger partial charge in [-0.1, -0.05) is 33.8 Å². The van der Waals surface area contributed by atoms with Gasteiger partial charge in [-0.05, 0) is 56.4 Å². The van der Waals surface area contributed by atoms with Crippen molar-refractivity contribution in [2.75, 3.05) is 54.5 Å². The minimum absolute atomic E-state index is 0.0353. The molecule has 4 heterocycles. The number of anilines is 3. The van der Waals surface area contributed by atoms with Crippen molar-refractivity contribution in [3.63, 3.8) is 0 Å². The van der Waals surface area contributed by atoms with Crippen molar-refractivity contribution >= 4 is 41.3 Å². The van der Waals surface area contributed by atoms with Crippen LogP contribution in [-0.4, -0.2) is 71.7 Å². The predicted octanol–water partition coefficient (Wildman–Crippen LogP) is 4.56. The second kappa shape index (κ2) is 12.0. The molecule has 2 fully saturated rings. The van der Waals surface area contributed by atoms with E-state index in [1.165, 1.54) is 11.9 Å². The van der Waals surface area contributed by atoms with Gasteiger partial charge in [0.15, 0.2) is 0 Å². The normalized spacial score (nSPS) is 17.2. The number of carbonyl (C=O) groups is 2. The van der Waals surface area contributed by atoms with E-state index in [2.05, 4.69) is 66.8 Å². The van der Waals surface area contributed by atoms with Crippen LogP contribution in [-0.2, 0) is 0 Å². The van der Waals surface area contributed by atoms with Crippen LogP contribution in [0.3, 0.4) is 0 Å². The average molecular weight is 555 g/mol. The Labute approximate surface area is 236 Å². The first kappa shape index (κ1) is 28.9. The third-order valence-corrected chi connectivity index (χ3v) is 7.67. The summed E-state index contributed by atoms with van der Waals surface area (Å²) in [7, 11) is 0. The summed E-state index contributed by atoms with van der Waals surface area (Å²) < 4.78 is 2.94. The van der Waals surface area contributed by atoms with Crippen LogP contribution in [0.4, 0.5) is 22.2 Å². The van der Waals surface area contributed by atoms with Crippen LogP contribution in [0.25, 0.3) is 0 Å². The molecule has 3 N–H and O–H groups in total. The molecule has 10 nitrogen and oxygen atoms in total. The fourth-order valence-electron chi connectivity index (χ4n) is 4.57. The van der Waals surface area contributed by atoms with E-state index >= 15 is 0 Å². The van der Waals surface area contributed by atoms with Crippen molar-refractivity contribution in [1.29, 1.82) is 0 Å². The van der Waals surface area contributed by atoms with Crippen LogP contribution >= 0.6 is 11.9 Å². The summed E-state index contributed by atoms with van der Waals surface area (Å²) in [6.45, 7) is 17.0. The van der Waals surface area contributed by atoms with Crippen LogP contribution in [0, 0.1) is 5.41 Å². The molecule has 0 aliphatic carbocycles. The lowest BCUT2D eigenvalue weighted by molar-refractivity contribution is 0.0984. The predicted molar refractivity (Wildman–Crippen MR) is 158 cm³/mol. The van der Waals surface area contributed by atoms with Gasteiger partial charge in [0.25, 0.3) is 5.91 Å². The Kier molecular flexibility index (Phi) is 8.90. The van der Waals surface area contributed by atoms with Crippen LogP contribution in [0.2, 0.25) is 0 Å². The summed E-state index contributed by atoms with van der Waals surface area (Å²) in [6.07, 6.45) is 1.93. The highest BCUT2D eigenvalue weighted by Crippen LogP contribution is 2.32. The number of carbonyl (C=O) groups excluding carboxylic acids is 2. The van der Waals surface area contributed by atoms with Gasteiger partial charge in [0.1, 0.15) is 22.5 Å². The zero-order chi connectivity index (χ0) is 28.2. The van der Waals surface area contributed by atoms with E-state index in [0.717, 1.165) is 38.3 Å². The number of hydrogen-bond donors (Lipinski definition) is 3. The van der Waals surface area contributed by atoms with Gasteiger partial charge in [0.05, 0.1) is 12.2 Å². The number of amides is 3. The molecular weight excluding hydrogens is 512 g/mol. The first-order chi connectivity index (χ1) is 18.5. The fourth-order valence-corrected chi connectivity index (χ4v) is 5.16. The van der Waals surface area contributed by atoms with Crippen LogP contribution in [0.5, 0.6) is 0 Å².